The highest BCUT2D eigenvalue weighted by atomic mass is 16.2. The highest BCUT2D eigenvalue weighted by molar-refractivity contribution is 6.07. The first-order valence-corrected chi connectivity index (χ1v) is 8.56. The first-order chi connectivity index (χ1) is 13.0. The normalized spacial score (nSPS) is 10.3. The Hall–Kier alpha value is -3.54. The molecule has 0 atom stereocenters. The SMILES string of the molecule is Cc1ccc(C(=O)Nc2nccnc2C(=O)NCc2ccccc2C)cc1. The fraction of sp³-hybridized carbons (Fsp3) is 0.143. The average molecular weight is 360 g/mol. The molecule has 0 radical (unpaired) electrons. The number of hydrogen-bond acceptors (Lipinski definition) is 4. The summed E-state index contributed by atoms with van der Waals surface area (Å²) in [7, 11) is 0. The summed E-state index contributed by atoms with van der Waals surface area (Å²) >= 11 is 0. The summed E-state index contributed by atoms with van der Waals surface area (Å²) in [6, 6.07) is 14.9. The molecule has 0 aliphatic heterocycles. The first-order valence-electron chi connectivity index (χ1n) is 8.56. The number of benzene rings is 2. The van der Waals surface area contributed by atoms with Gasteiger partial charge in [-0.05, 0) is 37.1 Å². The van der Waals surface area contributed by atoms with Gasteiger partial charge in [0.1, 0.15) is 0 Å². The summed E-state index contributed by atoms with van der Waals surface area (Å²) in [5.74, 6) is -0.612. The zero-order valence-electron chi connectivity index (χ0n) is 15.2. The zero-order chi connectivity index (χ0) is 19.2. The third-order valence-corrected chi connectivity index (χ3v) is 4.16. The topological polar surface area (TPSA) is 84.0 Å². The van der Waals surface area contributed by atoms with Gasteiger partial charge < -0.3 is 10.6 Å². The fourth-order valence-corrected chi connectivity index (χ4v) is 2.55. The summed E-state index contributed by atoms with van der Waals surface area (Å²) in [4.78, 5) is 33.1. The maximum Gasteiger partial charge on any atom is 0.274 e. The molecule has 1 heterocycles. The second-order valence-corrected chi connectivity index (χ2v) is 6.18. The molecule has 2 N–H and O–H groups in total. The van der Waals surface area contributed by atoms with Crippen molar-refractivity contribution in [1.29, 1.82) is 0 Å². The van der Waals surface area contributed by atoms with Gasteiger partial charge in [0.15, 0.2) is 11.5 Å². The molecule has 136 valence electrons. The molecule has 2 aromatic carbocycles. The minimum Gasteiger partial charge on any atom is -0.346 e. The number of hydrogen-bond donors (Lipinski definition) is 2. The van der Waals surface area contributed by atoms with Crippen LogP contribution in [0.5, 0.6) is 0 Å². The Morgan fingerprint density at radius 3 is 2.33 bits per heavy atom. The highest BCUT2D eigenvalue weighted by Gasteiger charge is 2.17. The number of amides is 2. The van der Waals surface area contributed by atoms with Gasteiger partial charge in [-0.2, -0.15) is 0 Å². The third-order valence-electron chi connectivity index (χ3n) is 4.16. The number of rotatable bonds is 5. The summed E-state index contributed by atoms with van der Waals surface area (Å²) in [6.45, 7) is 4.30. The highest BCUT2D eigenvalue weighted by Crippen LogP contribution is 2.12. The van der Waals surface area contributed by atoms with Crippen LogP contribution in [-0.2, 0) is 6.54 Å². The van der Waals surface area contributed by atoms with Crippen LogP contribution in [0.3, 0.4) is 0 Å². The maximum absolute atomic E-state index is 12.5. The minimum atomic E-state index is -0.398. The molecule has 0 aliphatic rings. The van der Waals surface area contributed by atoms with Crippen LogP contribution >= 0.6 is 0 Å². The van der Waals surface area contributed by atoms with Crippen molar-refractivity contribution < 1.29 is 9.59 Å². The summed E-state index contributed by atoms with van der Waals surface area (Å²) < 4.78 is 0. The van der Waals surface area contributed by atoms with Crippen LogP contribution in [0, 0.1) is 13.8 Å². The molecule has 0 bridgehead atoms. The van der Waals surface area contributed by atoms with Gasteiger partial charge in [-0.25, -0.2) is 9.97 Å². The number of nitrogens with one attached hydrogen (secondary N) is 2. The van der Waals surface area contributed by atoms with Gasteiger partial charge in [0.2, 0.25) is 0 Å². The Labute approximate surface area is 157 Å². The van der Waals surface area contributed by atoms with Crippen LogP contribution in [0.2, 0.25) is 0 Å². The number of carbonyl (C=O) groups is 2. The molecular weight excluding hydrogens is 340 g/mol. The maximum atomic E-state index is 12.5. The van der Waals surface area contributed by atoms with Gasteiger partial charge in [-0.15, -0.1) is 0 Å². The third kappa shape index (κ3) is 4.55. The van der Waals surface area contributed by atoms with Gasteiger partial charge in [0, 0.05) is 24.5 Å². The van der Waals surface area contributed by atoms with E-state index in [2.05, 4.69) is 20.6 Å². The van der Waals surface area contributed by atoms with Gasteiger partial charge in [0.05, 0.1) is 0 Å². The molecule has 3 aromatic rings. The van der Waals surface area contributed by atoms with Crippen LogP contribution in [-0.4, -0.2) is 21.8 Å². The Morgan fingerprint density at radius 1 is 0.889 bits per heavy atom. The van der Waals surface area contributed by atoms with E-state index in [1.165, 1.54) is 12.4 Å². The van der Waals surface area contributed by atoms with E-state index < -0.39 is 5.91 Å². The quantitative estimate of drug-likeness (QED) is 0.731. The Morgan fingerprint density at radius 2 is 1.59 bits per heavy atom. The number of carbonyl (C=O) groups excluding carboxylic acids is 2. The average Bonchev–Trinajstić information content (AvgIpc) is 2.68. The minimum absolute atomic E-state index is 0.0755. The molecule has 3 rings (SSSR count). The number of aromatic nitrogens is 2. The van der Waals surface area contributed by atoms with Crippen molar-refractivity contribution in [3.8, 4) is 0 Å². The van der Waals surface area contributed by atoms with Crippen LogP contribution < -0.4 is 10.6 Å². The van der Waals surface area contributed by atoms with Crippen molar-refractivity contribution in [3.05, 3.63) is 88.9 Å². The lowest BCUT2D eigenvalue weighted by atomic mass is 10.1. The molecule has 1 aromatic heterocycles. The molecule has 6 nitrogen and oxygen atoms in total. The van der Waals surface area contributed by atoms with E-state index in [0.29, 0.717) is 12.1 Å². The molecule has 0 unspecified atom stereocenters. The second-order valence-electron chi connectivity index (χ2n) is 6.18. The number of aryl methyl sites for hydroxylation is 2. The van der Waals surface area contributed by atoms with Crippen LogP contribution in [0.1, 0.15) is 37.5 Å². The molecule has 0 saturated carbocycles. The summed E-state index contributed by atoms with van der Waals surface area (Å²) in [6.07, 6.45) is 2.85. The lowest BCUT2D eigenvalue weighted by molar-refractivity contribution is 0.0946. The van der Waals surface area contributed by atoms with Crippen LogP contribution in [0.15, 0.2) is 60.9 Å². The van der Waals surface area contributed by atoms with E-state index in [0.717, 1.165) is 16.7 Å². The van der Waals surface area contributed by atoms with Crippen molar-refractivity contribution in [2.75, 3.05) is 5.32 Å². The van der Waals surface area contributed by atoms with Gasteiger partial charge in [-0.1, -0.05) is 42.0 Å². The van der Waals surface area contributed by atoms with E-state index in [-0.39, 0.29) is 17.4 Å². The molecule has 2 amide bonds. The van der Waals surface area contributed by atoms with Crippen molar-refractivity contribution in [3.63, 3.8) is 0 Å². The fourth-order valence-electron chi connectivity index (χ4n) is 2.55. The zero-order valence-corrected chi connectivity index (χ0v) is 15.2. The van der Waals surface area contributed by atoms with Crippen molar-refractivity contribution in [1.82, 2.24) is 15.3 Å². The lowest BCUT2D eigenvalue weighted by Crippen LogP contribution is -2.26. The van der Waals surface area contributed by atoms with Crippen molar-refractivity contribution in [2.24, 2.45) is 0 Å². The van der Waals surface area contributed by atoms with E-state index in [9.17, 15) is 9.59 Å². The van der Waals surface area contributed by atoms with Crippen molar-refractivity contribution >= 4 is 17.6 Å². The predicted octanol–water partition coefficient (Wildman–Crippen LogP) is 3.28. The number of anilines is 1. The molecule has 27 heavy (non-hydrogen) atoms. The van der Waals surface area contributed by atoms with Crippen LogP contribution in [0.25, 0.3) is 0 Å². The molecule has 0 saturated heterocycles. The molecule has 6 heteroatoms. The Bertz CT molecular complexity index is 968. The van der Waals surface area contributed by atoms with Gasteiger partial charge >= 0.3 is 0 Å². The van der Waals surface area contributed by atoms with E-state index in [1.54, 1.807) is 12.1 Å². The molecule has 0 aliphatic carbocycles. The standard InChI is InChI=1S/C21H20N4O2/c1-14-7-9-16(10-8-14)20(26)25-19-18(22-11-12-23-19)21(27)24-13-17-6-4-3-5-15(17)2/h3-12H,13H2,1-2H3,(H,24,27)(H,23,25,26). The van der Waals surface area contributed by atoms with E-state index >= 15 is 0 Å². The lowest BCUT2D eigenvalue weighted by Gasteiger charge is -2.11. The molecular formula is C21H20N4O2. The number of nitrogens with zero attached hydrogens (tertiary/aromatic N) is 2. The van der Waals surface area contributed by atoms with Crippen LogP contribution in [0.4, 0.5) is 5.82 Å². The largest absolute Gasteiger partial charge is 0.346 e. The van der Waals surface area contributed by atoms with E-state index in [1.807, 2.05) is 50.2 Å². The predicted molar refractivity (Wildman–Crippen MR) is 104 cm³/mol. The Balaban J connectivity index is 1.73. The molecule has 0 spiro atoms. The smallest absolute Gasteiger partial charge is 0.274 e. The van der Waals surface area contributed by atoms with Gasteiger partial charge in [0.25, 0.3) is 11.8 Å². The first kappa shape index (κ1) is 18.3. The van der Waals surface area contributed by atoms with Gasteiger partial charge in [-0.3, -0.25) is 9.59 Å². The van der Waals surface area contributed by atoms with Crippen molar-refractivity contribution in [2.45, 2.75) is 20.4 Å². The summed E-state index contributed by atoms with van der Waals surface area (Å²) in [5, 5.41) is 5.49. The second kappa shape index (κ2) is 8.23. The Kier molecular flexibility index (Phi) is 5.56. The summed E-state index contributed by atoms with van der Waals surface area (Å²) in [5.41, 5.74) is 3.72. The molecule has 0 fully saturated rings. The monoisotopic (exact) mass is 360 g/mol. The van der Waals surface area contributed by atoms with E-state index in [4.69, 9.17) is 0 Å².